The highest BCUT2D eigenvalue weighted by Crippen LogP contribution is 2.19. The lowest BCUT2D eigenvalue weighted by Gasteiger charge is -2.34. The molecule has 30 heavy (non-hydrogen) atoms. The number of piperazine rings is 1. The molecule has 0 unspecified atom stereocenters. The van der Waals surface area contributed by atoms with Crippen LogP contribution in [0, 0.1) is 0 Å². The number of aromatic nitrogens is 1. The van der Waals surface area contributed by atoms with Crippen LogP contribution in [0.1, 0.15) is 5.56 Å². The molecule has 4 rings (SSSR count). The summed E-state index contributed by atoms with van der Waals surface area (Å²) < 4.78 is 33.1. The highest BCUT2D eigenvalue weighted by molar-refractivity contribution is 7.88. The number of oxazole rings is 1. The third-order valence-corrected chi connectivity index (χ3v) is 7.19. The molecular formula is C20H20ClN3O5S. The first kappa shape index (κ1) is 20.6. The summed E-state index contributed by atoms with van der Waals surface area (Å²) in [5.74, 6) is -0.972. The van der Waals surface area contributed by atoms with Crippen molar-refractivity contribution in [3.63, 3.8) is 0 Å². The minimum atomic E-state index is -3.46. The number of nitrogens with zero attached hydrogens (tertiary/aromatic N) is 3. The Balaban J connectivity index is 1.40. The topological polar surface area (TPSA) is 92.8 Å². The number of rotatable bonds is 5. The molecule has 0 atom stereocenters. The van der Waals surface area contributed by atoms with E-state index in [1.165, 1.54) is 14.9 Å². The molecule has 158 valence electrons. The van der Waals surface area contributed by atoms with Crippen LogP contribution in [0.4, 0.5) is 0 Å². The first-order valence-electron chi connectivity index (χ1n) is 9.42. The van der Waals surface area contributed by atoms with E-state index in [9.17, 15) is 18.0 Å². The van der Waals surface area contributed by atoms with E-state index in [-0.39, 0.29) is 44.4 Å². The monoisotopic (exact) mass is 449 g/mol. The Morgan fingerprint density at radius 1 is 1.03 bits per heavy atom. The van der Waals surface area contributed by atoms with Gasteiger partial charge in [0.15, 0.2) is 5.58 Å². The fourth-order valence-corrected chi connectivity index (χ4v) is 5.19. The lowest BCUT2D eigenvalue weighted by molar-refractivity contribution is -0.133. The molecule has 10 heteroatoms. The molecule has 2 aromatic carbocycles. The average Bonchev–Trinajstić information content (AvgIpc) is 3.02. The summed E-state index contributed by atoms with van der Waals surface area (Å²) in [4.78, 5) is 26.4. The van der Waals surface area contributed by atoms with Crippen LogP contribution in [0.15, 0.2) is 57.7 Å². The number of halogens is 1. The second kappa shape index (κ2) is 8.25. The first-order valence-corrected chi connectivity index (χ1v) is 11.4. The van der Waals surface area contributed by atoms with Gasteiger partial charge in [-0.1, -0.05) is 41.9 Å². The van der Waals surface area contributed by atoms with Gasteiger partial charge in [-0.25, -0.2) is 13.2 Å². The molecule has 1 saturated heterocycles. The van der Waals surface area contributed by atoms with Gasteiger partial charge >= 0.3 is 5.76 Å². The van der Waals surface area contributed by atoms with Gasteiger partial charge < -0.3 is 9.32 Å². The largest absolute Gasteiger partial charge is 0.420 e. The summed E-state index contributed by atoms with van der Waals surface area (Å²) >= 11 is 5.91. The van der Waals surface area contributed by atoms with Crippen LogP contribution < -0.4 is 5.76 Å². The van der Waals surface area contributed by atoms with Gasteiger partial charge in [0, 0.05) is 37.3 Å². The van der Waals surface area contributed by atoms with E-state index in [0.29, 0.717) is 16.1 Å². The van der Waals surface area contributed by atoms with Crippen molar-refractivity contribution >= 4 is 38.6 Å². The Morgan fingerprint density at radius 3 is 2.43 bits per heavy atom. The maximum atomic E-state index is 12.7. The average molecular weight is 450 g/mol. The number of carbonyl (C=O) groups is 1. The number of hydrogen-bond acceptors (Lipinski definition) is 5. The van der Waals surface area contributed by atoms with Crippen molar-refractivity contribution < 1.29 is 17.6 Å². The summed E-state index contributed by atoms with van der Waals surface area (Å²) in [6.45, 7) is 0.797. The van der Waals surface area contributed by atoms with Crippen molar-refractivity contribution in [2.75, 3.05) is 26.2 Å². The minimum absolute atomic E-state index is 0.0687. The maximum absolute atomic E-state index is 12.7. The van der Waals surface area contributed by atoms with Gasteiger partial charge in [-0.15, -0.1) is 0 Å². The zero-order valence-electron chi connectivity index (χ0n) is 16.0. The number of fused-ring (bicyclic) bond motifs is 1. The predicted molar refractivity (Wildman–Crippen MR) is 113 cm³/mol. The Kier molecular flexibility index (Phi) is 5.68. The van der Waals surface area contributed by atoms with E-state index in [2.05, 4.69) is 0 Å². The zero-order valence-corrected chi connectivity index (χ0v) is 17.6. The molecule has 0 radical (unpaired) electrons. The Morgan fingerprint density at radius 2 is 1.73 bits per heavy atom. The van der Waals surface area contributed by atoms with Gasteiger partial charge in [-0.3, -0.25) is 9.36 Å². The highest BCUT2D eigenvalue weighted by Gasteiger charge is 2.29. The normalized spacial score (nSPS) is 15.6. The second-order valence-electron chi connectivity index (χ2n) is 7.09. The minimum Gasteiger partial charge on any atom is -0.408 e. The molecule has 1 amide bonds. The van der Waals surface area contributed by atoms with Crippen molar-refractivity contribution in [2.45, 2.75) is 12.3 Å². The summed E-state index contributed by atoms with van der Waals surface area (Å²) in [5.41, 5.74) is 1.53. The molecule has 8 nitrogen and oxygen atoms in total. The molecule has 0 bridgehead atoms. The van der Waals surface area contributed by atoms with Crippen LogP contribution in [-0.2, 0) is 27.1 Å². The molecule has 0 aliphatic carbocycles. The Bertz CT molecular complexity index is 1230. The van der Waals surface area contributed by atoms with Crippen LogP contribution in [0.3, 0.4) is 0 Å². The summed E-state index contributed by atoms with van der Waals surface area (Å²) in [6, 6.07) is 13.8. The summed E-state index contributed by atoms with van der Waals surface area (Å²) in [7, 11) is -3.46. The number of amides is 1. The van der Waals surface area contributed by atoms with Gasteiger partial charge in [0.2, 0.25) is 15.9 Å². The SMILES string of the molecule is O=C(Cn1c(=O)oc2cc(Cl)ccc21)N1CCN(S(=O)(=O)Cc2ccccc2)CC1. The number of hydrogen-bond donors (Lipinski definition) is 0. The smallest absolute Gasteiger partial charge is 0.408 e. The van der Waals surface area contributed by atoms with Crippen LogP contribution in [-0.4, -0.2) is 54.3 Å². The van der Waals surface area contributed by atoms with Crippen LogP contribution in [0.25, 0.3) is 11.1 Å². The van der Waals surface area contributed by atoms with Crippen LogP contribution in [0.5, 0.6) is 0 Å². The number of carbonyl (C=O) groups excluding carboxylic acids is 1. The van der Waals surface area contributed by atoms with Gasteiger partial charge in [0.1, 0.15) is 6.54 Å². The molecule has 0 spiro atoms. The first-order chi connectivity index (χ1) is 14.3. The van der Waals surface area contributed by atoms with E-state index >= 15 is 0 Å². The van der Waals surface area contributed by atoms with Crippen molar-refractivity contribution in [2.24, 2.45) is 0 Å². The molecule has 3 aromatic rings. The number of benzene rings is 2. The summed E-state index contributed by atoms with van der Waals surface area (Å²) in [5, 5.41) is 0.433. The molecular weight excluding hydrogens is 430 g/mol. The third kappa shape index (κ3) is 4.28. The standard InChI is InChI=1S/C20H20ClN3O5S/c21-16-6-7-17-18(12-16)29-20(26)24(17)13-19(25)22-8-10-23(11-9-22)30(27,28)14-15-4-2-1-3-5-15/h1-7,12H,8-11,13-14H2. The molecule has 0 saturated carbocycles. The molecule has 2 heterocycles. The quantitative estimate of drug-likeness (QED) is 0.593. The second-order valence-corrected chi connectivity index (χ2v) is 9.49. The van der Waals surface area contributed by atoms with Gasteiger partial charge in [0.05, 0.1) is 11.3 Å². The zero-order chi connectivity index (χ0) is 21.3. The van der Waals surface area contributed by atoms with E-state index in [1.54, 1.807) is 41.3 Å². The lowest BCUT2D eigenvalue weighted by Crippen LogP contribution is -2.51. The number of sulfonamides is 1. The van der Waals surface area contributed by atoms with Crippen molar-refractivity contribution in [3.05, 3.63) is 69.7 Å². The molecule has 0 N–H and O–H groups in total. The fourth-order valence-electron chi connectivity index (χ4n) is 3.52. The van der Waals surface area contributed by atoms with Crippen LogP contribution in [0.2, 0.25) is 5.02 Å². The van der Waals surface area contributed by atoms with Crippen LogP contribution >= 0.6 is 11.6 Å². The highest BCUT2D eigenvalue weighted by atomic mass is 35.5. The maximum Gasteiger partial charge on any atom is 0.420 e. The van der Waals surface area contributed by atoms with E-state index in [4.69, 9.17) is 16.0 Å². The summed E-state index contributed by atoms with van der Waals surface area (Å²) in [6.07, 6.45) is 0. The van der Waals surface area contributed by atoms with Gasteiger partial charge in [-0.2, -0.15) is 4.31 Å². The Hall–Kier alpha value is -2.62. The van der Waals surface area contributed by atoms with E-state index < -0.39 is 15.8 Å². The molecule has 1 aliphatic rings. The van der Waals surface area contributed by atoms with Crippen molar-refractivity contribution in [1.82, 2.24) is 13.8 Å². The fraction of sp³-hybridized carbons (Fsp3) is 0.300. The van der Waals surface area contributed by atoms with Crippen molar-refractivity contribution in [3.8, 4) is 0 Å². The van der Waals surface area contributed by atoms with Crippen molar-refractivity contribution in [1.29, 1.82) is 0 Å². The predicted octanol–water partition coefficient (Wildman–Crippen LogP) is 1.92. The molecule has 1 aromatic heterocycles. The third-order valence-electron chi connectivity index (χ3n) is 5.10. The van der Waals surface area contributed by atoms with Gasteiger partial charge in [0.25, 0.3) is 0 Å². The molecule has 1 fully saturated rings. The Labute approximate surface area is 178 Å². The van der Waals surface area contributed by atoms with E-state index in [1.807, 2.05) is 6.07 Å². The molecule has 1 aliphatic heterocycles. The lowest BCUT2D eigenvalue weighted by atomic mass is 10.2. The van der Waals surface area contributed by atoms with E-state index in [0.717, 1.165) is 5.56 Å². The van der Waals surface area contributed by atoms with Gasteiger partial charge in [-0.05, 0) is 17.7 Å².